The van der Waals surface area contributed by atoms with E-state index in [1.54, 1.807) is 0 Å². The van der Waals surface area contributed by atoms with Gasteiger partial charge in [-0.2, -0.15) is 0 Å². The Hall–Kier alpha value is -0.790. The molecule has 0 radical (unpaired) electrons. The summed E-state index contributed by atoms with van der Waals surface area (Å²) in [6.07, 6.45) is 10.3. The summed E-state index contributed by atoms with van der Waals surface area (Å²) in [4.78, 5) is 10.9. The second-order valence-corrected chi connectivity index (χ2v) is 3.40. The summed E-state index contributed by atoms with van der Waals surface area (Å²) in [5.74, 6) is -0.0919. The lowest BCUT2D eigenvalue weighted by molar-refractivity contribution is -0.142. The highest BCUT2D eigenvalue weighted by Crippen LogP contribution is 1.99. The van der Waals surface area contributed by atoms with E-state index in [1.165, 1.54) is 19.3 Å². The standard InChI is InChI=1S/C12H22O2/c1-3-5-6-7-8-9-11-14-12(13)10-4-2/h8-9H,3-7,10-11H2,1-2H3. The first-order valence-electron chi connectivity index (χ1n) is 5.61. The predicted molar refractivity (Wildman–Crippen MR) is 59.1 cm³/mol. The summed E-state index contributed by atoms with van der Waals surface area (Å²) in [5, 5.41) is 0. The first-order chi connectivity index (χ1) is 6.81. The minimum atomic E-state index is -0.0919. The molecule has 0 aliphatic rings. The van der Waals surface area contributed by atoms with Crippen LogP contribution in [0.15, 0.2) is 12.2 Å². The molecule has 0 unspecified atom stereocenters. The van der Waals surface area contributed by atoms with Crippen molar-refractivity contribution in [3.8, 4) is 0 Å². The Labute approximate surface area is 87.3 Å². The van der Waals surface area contributed by atoms with Crippen LogP contribution in [0.3, 0.4) is 0 Å². The molecular formula is C12H22O2. The SMILES string of the molecule is CCCCCC=CCOC(=O)CCC. The fraction of sp³-hybridized carbons (Fsp3) is 0.750. The number of carbonyl (C=O) groups excluding carboxylic acids is 1. The van der Waals surface area contributed by atoms with Gasteiger partial charge in [-0.1, -0.05) is 38.8 Å². The zero-order valence-corrected chi connectivity index (χ0v) is 9.42. The summed E-state index contributed by atoms with van der Waals surface area (Å²) in [5.41, 5.74) is 0. The minimum absolute atomic E-state index is 0.0919. The quantitative estimate of drug-likeness (QED) is 0.339. The molecule has 2 heteroatoms. The molecule has 2 nitrogen and oxygen atoms in total. The molecule has 0 aromatic rings. The maximum atomic E-state index is 10.9. The summed E-state index contributed by atoms with van der Waals surface area (Å²) < 4.78 is 4.96. The fourth-order valence-corrected chi connectivity index (χ4v) is 1.12. The number of hydrogen-bond donors (Lipinski definition) is 0. The number of esters is 1. The highest BCUT2D eigenvalue weighted by molar-refractivity contribution is 5.69. The van der Waals surface area contributed by atoms with Gasteiger partial charge in [0.2, 0.25) is 0 Å². The van der Waals surface area contributed by atoms with Crippen molar-refractivity contribution in [2.75, 3.05) is 6.61 Å². The average molecular weight is 198 g/mol. The molecule has 0 fully saturated rings. The second-order valence-electron chi connectivity index (χ2n) is 3.40. The van der Waals surface area contributed by atoms with Crippen LogP contribution in [0.4, 0.5) is 0 Å². The molecule has 82 valence electrons. The minimum Gasteiger partial charge on any atom is -0.461 e. The van der Waals surface area contributed by atoms with E-state index < -0.39 is 0 Å². The second kappa shape index (κ2) is 10.3. The van der Waals surface area contributed by atoms with E-state index in [0.29, 0.717) is 13.0 Å². The van der Waals surface area contributed by atoms with Gasteiger partial charge in [0, 0.05) is 6.42 Å². The summed E-state index contributed by atoms with van der Waals surface area (Å²) in [6, 6.07) is 0. The van der Waals surface area contributed by atoms with E-state index in [-0.39, 0.29) is 5.97 Å². The normalized spacial score (nSPS) is 10.7. The van der Waals surface area contributed by atoms with E-state index in [1.807, 2.05) is 13.0 Å². The van der Waals surface area contributed by atoms with Gasteiger partial charge in [-0.3, -0.25) is 4.79 Å². The summed E-state index contributed by atoms with van der Waals surface area (Å²) in [7, 11) is 0. The van der Waals surface area contributed by atoms with E-state index in [0.717, 1.165) is 12.8 Å². The van der Waals surface area contributed by atoms with Crippen LogP contribution in [-0.2, 0) is 9.53 Å². The van der Waals surface area contributed by atoms with Crippen molar-refractivity contribution in [1.82, 2.24) is 0 Å². The molecule has 0 N–H and O–H groups in total. The Kier molecular flexibility index (Phi) is 9.71. The van der Waals surface area contributed by atoms with Crippen LogP contribution in [0.1, 0.15) is 52.4 Å². The van der Waals surface area contributed by atoms with Crippen molar-refractivity contribution in [2.45, 2.75) is 52.4 Å². The van der Waals surface area contributed by atoms with Crippen LogP contribution < -0.4 is 0 Å². The molecule has 0 heterocycles. The third kappa shape index (κ3) is 9.30. The molecular weight excluding hydrogens is 176 g/mol. The Balaban J connectivity index is 3.21. The van der Waals surface area contributed by atoms with Gasteiger partial charge in [-0.15, -0.1) is 0 Å². The Morgan fingerprint density at radius 2 is 1.93 bits per heavy atom. The Morgan fingerprint density at radius 3 is 2.57 bits per heavy atom. The molecule has 14 heavy (non-hydrogen) atoms. The Bertz CT molecular complexity index is 162. The van der Waals surface area contributed by atoms with Gasteiger partial charge in [0.1, 0.15) is 6.61 Å². The van der Waals surface area contributed by atoms with Crippen LogP contribution in [0.2, 0.25) is 0 Å². The number of carbonyl (C=O) groups is 1. The third-order valence-electron chi connectivity index (χ3n) is 1.94. The molecule has 0 aromatic carbocycles. The zero-order chi connectivity index (χ0) is 10.6. The van der Waals surface area contributed by atoms with Gasteiger partial charge in [0.15, 0.2) is 0 Å². The number of unbranched alkanes of at least 4 members (excludes halogenated alkanes) is 3. The molecule has 0 spiro atoms. The van der Waals surface area contributed by atoms with Crippen LogP contribution in [-0.4, -0.2) is 12.6 Å². The van der Waals surface area contributed by atoms with Gasteiger partial charge in [0.05, 0.1) is 0 Å². The summed E-state index contributed by atoms with van der Waals surface area (Å²) >= 11 is 0. The van der Waals surface area contributed by atoms with Crippen molar-refractivity contribution >= 4 is 5.97 Å². The molecule has 0 amide bonds. The molecule has 0 rings (SSSR count). The van der Waals surface area contributed by atoms with Crippen molar-refractivity contribution in [2.24, 2.45) is 0 Å². The first-order valence-corrected chi connectivity index (χ1v) is 5.61. The highest BCUT2D eigenvalue weighted by Gasteiger charge is 1.96. The molecule has 0 saturated carbocycles. The van der Waals surface area contributed by atoms with Gasteiger partial charge in [-0.05, 0) is 19.3 Å². The summed E-state index contributed by atoms with van der Waals surface area (Å²) in [6.45, 7) is 4.60. The van der Waals surface area contributed by atoms with E-state index in [9.17, 15) is 4.79 Å². The lowest BCUT2D eigenvalue weighted by Gasteiger charge is -1.98. The number of allylic oxidation sites excluding steroid dienone is 1. The zero-order valence-electron chi connectivity index (χ0n) is 9.42. The molecule has 0 bridgehead atoms. The fourth-order valence-electron chi connectivity index (χ4n) is 1.12. The van der Waals surface area contributed by atoms with Gasteiger partial charge in [-0.25, -0.2) is 0 Å². The predicted octanol–water partition coefficient (Wildman–Crippen LogP) is 3.47. The number of hydrogen-bond acceptors (Lipinski definition) is 2. The van der Waals surface area contributed by atoms with Crippen LogP contribution in [0.25, 0.3) is 0 Å². The lowest BCUT2D eigenvalue weighted by atomic mass is 10.2. The molecule has 0 aromatic heterocycles. The van der Waals surface area contributed by atoms with Crippen molar-refractivity contribution in [3.63, 3.8) is 0 Å². The third-order valence-corrected chi connectivity index (χ3v) is 1.94. The van der Waals surface area contributed by atoms with Crippen molar-refractivity contribution in [1.29, 1.82) is 0 Å². The number of ether oxygens (including phenoxy) is 1. The molecule has 0 aliphatic carbocycles. The van der Waals surface area contributed by atoms with Crippen LogP contribution >= 0.6 is 0 Å². The van der Waals surface area contributed by atoms with Gasteiger partial charge >= 0.3 is 5.97 Å². The highest BCUT2D eigenvalue weighted by atomic mass is 16.5. The van der Waals surface area contributed by atoms with Gasteiger partial charge < -0.3 is 4.74 Å². The monoisotopic (exact) mass is 198 g/mol. The molecule has 0 saturated heterocycles. The van der Waals surface area contributed by atoms with Crippen molar-refractivity contribution in [3.05, 3.63) is 12.2 Å². The Morgan fingerprint density at radius 1 is 1.14 bits per heavy atom. The first kappa shape index (κ1) is 13.2. The average Bonchev–Trinajstić information content (AvgIpc) is 2.17. The van der Waals surface area contributed by atoms with Gasteiger partial charge in [0.25, 0.3) is 0 Å². The smallest absolute Gasteiger partial charge is 0.306 e. The number of rotatable bonds is 8. The van der Waals surface area contributed by atoms with Crippen LogP contribution in [0, 0.1) is 0 Å². The lowest BCUT2D eigenvalue weighted by Crippen LogP contribution is -2.02. The van der Waals surface area contributed by atoms with E-state index in [4.69, 9.17) is 4.74 Å². The maximum Gasteiger partial charge on any atom is 0.306 e. The largest absolute Gasteiger partial charge is 0.461 e. The van der Waals surface area contributed by atoms with Crippen molar-refractivity contribution < 1.29 is 9.53 Å². The topological polar surface area (TPSA) is 26.3 Å². The molecule has 0 aliphatic heterocycles. The van der Waals surface area contributed by atoms with Crippen LogP contribution in [0.5, 0.6) is 0 Å². The maximum absolute atomic E-state index is 10.9. The van der Waals surface area contributed by atoms with E-state index >= 15 is 0 Å². The molecule has 0 atom stereocenters. The van der Waals surface area contributed by atoms with E-state index in [2.05, 4.69) is 13.0 Å².